The van der Waals surface area contributed by atoms with Crippen LogP contribution in [0.5, 0.6) is 0 Å². The first-order valence-electron chi connectivity index (χ1n) is 25.0. The van der Waals surface area contributed by atoms with Crippen LogP contribution in [0.25, 0.3) is 22.3 Å². The summed E-state index contributed by atoms with van der Waals surface area (Å²) >= 11 is 0. The summed E-state index contributed by atoms with van der Waals surface area (Å²) in [4.78, 5) is 7.61. The van der Waals surface area contributed by atoms with Crippen LogP contribution in [-0.4, -0.2) is 6.71 Å². The maximum Gasteiger partial charge on any atom is 0.252 e. The van der Waals surface area contributed by atoms with Crippen molar-refractivity contribution in [3.8, 4) is 22.3 Å². The molecule has 0 atom stereocenters. The van der Waals surface area contributed by atoms with Gasteiger partial charge in [0.2, 0.25) is 0 Å². The van der Waals surface area contributed by atoms with E-state index < -0.39 is 0 Å². The summed E-state index contributed by atoms with van der Waals surface area (Å²) in [5, 5.41) is 0. The van der Waals surface area contributed by atoms with Gasteiger partial charge < -0.3 is 14.7 Å². The molecule has 1 aliphatic carbocycles. The standard InChI is InChI=1S/C66H60BN3/c1-43-37-61-63-62(38-43)70(58-35-29-45(64(2,3)4)39-53(58)44-21-13-10-14-22-44)60-42-50(68(47-23-15-11-16-24-47)48-25-17-12-18-26-48)32-34-56(60)67(63)57-40-46(65(5,6)7)30-36-59(57)69(61)49-31-33-52-51-27-19-20-28-54(51)66(8,9)55(52)41-49/h10-42H,1-9H3. The number of hydrogen-bond donors (Lipinski definition) is 0. The van der Waals surface area contributed by atoms with Crippen LogP contribution < -0.4 is 31.1 Å². The summed E-state index contributed by atoms with van der Waals surface area (Å²) in [7, 11) is 0. The van der Waals surface area contributed by atoms with Gasteiger partial charge in [-0.15, -0.1) is 0 Å². The van der Waals surface area contributed by atoms with E-state index in [4.69, 9.17) is 0 Å². The Morgan fingerprint density at radius 3 is 1.64 bits per heavy atom. The second-order valence-corrected chi connectivity index (χ2v) is 22.3. The maximum atomic E-state index is 2.61. The van der Waals surface area contributed by atoms with Crippen LogP contribution >= 0.6 is 0 Å². The van der Waals surface area contributed by atoms with E-state index in [0.29, 0.717) is 0 Å². The van der Waals surface area contributed by atoms with E-state index in [1.54, 1.807) is 0 Å². The zero-order valence-electron chi connectivity index (χ0n) is 42.0. The molecule has 342 valence electrons. The van der Waals surface area contributed by atoms with E-state index in [1.807, 2.05) is 0 Å². The van der Waals surface area contributed by atoms with Gasteiger partial charge in [0.05, 0.1) is 5.69 Å². The van der Waals surface area contributed by atoms with E-state index in [9.17, 15) is 0 Å². The van der Waals surface area contributed by atoms with Crippen LogP contribution in [0.1, 0.15) is 83.2 Å². The summed E-state index contributed by atoms with van der Waals surface area (Å²) in [5.41, 5.74) is 25.9. The van der Waals surface area contributed by atoms with Gasteiger partial charge in [0.15, 0.2) is 0 Å². The summed E-state index contributed by atoms with van der Waals surface area (Å²) in [5.74, 6) is 0. The zero-order chi connectivity index (χ0) is 48.3. The summed E-state index contributed by atoms with van der Waals surface area (Å²) in [6.07, 6.45) is 0. The quantitative estimate of drug-likeness (QED) is 0.154. The molecule has 2 aliphatic heterocycles. The minimum absolute atomic E-state index is 0.0366. The third-order valence-electron chi connectivity index (χ3n) is 15.4. The third-order valence-corrected chi connectivity index (χ3v) is 15.4. The molecule has 3 nitrogen and oxygen atoms in total. The Morgan fingerprint density at radius 1 is 0.414 bits per heavy atom. The number of rotatable bonds is 6. The zero-order valence-corrected chi connectivity index (χ0v) is 42.0. The predicted octanol–water partition coefficient (Wildman–Crippen LogP) is 16.1. The normalized spacial score (nSPS) is 14.1. The number of hydrogen-bond acceptors (Lipinski definition) is 3. The van der Waals surface area contributed by atoms with Crippen molar-refractivity contribution in [1.82, 2.24) is 0 Å². The molecule has 2 heterocycles. The van der Waals surface area contributed by atoms with Crippen LogP contribution in [0.4, 0.5) is 51.2 Å². The van der Waals surface area contributed by atoms with Crippen LogP contribution in [0.15, 0.2) is 200 Å². The molecule has 0 radical (unpaired) electrons. The number of benzene rings is 9. The number of para-hydroxylation sites is 2. The molecule has 0 saturated heterocycles. The molecule has 4 heteroatoms. The van der Waals surface area contributed by atoms with E-state index in [0.717, 1.165) is 22.7 Å². The molecule has 9 aromatic rings. The Kier molecular flexibility index (Phi) is 9.99. The topological polar surface area (TPSA) is 9.72 Å². The molecule has 3 aliphatic rings. The van der Waals surface area contributed by atoms with E-state index in [2.05, 4.69) is 277 Å². The van der Waals surface area contributed by atoms with Crippen molar-refractivity contribution in [2.45, 2.75) is 78.6 Å². The third kappa shape index (κ3) is 6.94. The fourth-order valence-electron chi connectivity index (χ4n) is 11.7. The molecule has 0 bridgehead atoms. The predicted molar refractivity (Wildman–Crippen MR) is 300 cm³/mol. The van der Waals surface area contributed by atoms with Gasteiger partial charge in [-0.3, -0.25) is 0 Å². The van der Waals surface area contributed by atoms with E-state index in [1.165, 1.54) is 94.9 Å². The van der Waals surface area contributed by atoms with E-state index >= 15 is 0 Å². The molecule has 0 fully saturated rings. The van der Waals surface area contributed by atoms with Crippen LogP contribution in [0.2, 0.25) is 0 Å². The minimum Gasteiger partial charge on any atom is -0.311 e. The van der Waals surface area contributed by atoms with Crippen molar-refractivity contribution in [1.29, 1.82) is 0 Å². The molecule has 12 rings (SSSR count). The molecule has 0 unspecified atom stereocenters. The fraction of sp³-hybridized carbons (Fsp3) is 0.182. The van der Waals surface area contributed by atoms with Crippen molar-refractivity contribution in [2.75, 3.05) is 14.7 Å². The molecular weight excluding hydrogens is 846 g/mol. The smallest absolute Gasteiger partial charge is 0.252 e. The summed E-state index contributed by atoms with van der Waals surface area (Å²) in [6, 6.07) is 75.5. The lowest BCUT2D eigenvalue weighted by Crippen LogP contribution is -2.61. The molecular formula is C66H60BN3. The van der Waals surface area contributed by atoms with Gasteiger partial charge in [-0.05, 0) is 158 Å². The van der Waals surface area contributed by atoms with Crippen LogP contribution in [0, 0.1) is 6.92 Å². The highest BCUT2D eigenvalue weighted by Crippen LogP contribution is 2.53. The van der Waals surface area contributed by atoms with Crippen molar-refractivity contribution in [2.24, 2.45) is 0 Å². The van der Waals surface area contributed by atoms with Gasteiger partial charge in [-0.25, -0.2) is 0 Å². The molecule has 0 N–H and O–H groups in total. The summed E-state index contributed by atoms with van der Waals surface area (Å²) in [6.45, 7) is 21.0. The monoisotopic (exact) mass is 905 g/mol. The molecule has 0 aromatic heterocycles. The first kappa shape index (κ1) is 43.7. The highest BCUT2D eigenvalue weighted by Gasteiger charge is 2.45. The second-order valence-electron chi connectivity index (χ2n) is 22.3. The Labute approximate surface area is 415 Å². The van der Waals surface area contributed by atoms with E-state index in [-0.39, 0.29) is 23.0 Å². The highest BCUT2D eigenvalue weighted by atomic mass is 15.2. The molecule has 0 saturated carbocycles. The van der Waals surface area contributed by atoms with Crippen LogP contribution in [0.3, 0.4) is 0 Å². The first-order chi connectivity index (χ1) is 33.7. The SMILES string of the molecule is Cc1cc2c3c(c1)N(c1ccc(C(C)(C)C)cc1-c1ccccc1)c1cc(N(c4ccccc4)c4ccccc4)ccc1B3c1cc(C(C)(C)C)ccc1N2c1ccc2c(c1)C(C)(C)c1ccccc1-2. The molecule has 9 aromatic carbocycles. The number of aryl methyl sites for hydroxylation is 1. The van der Waals surface area contributed by atoms with Crippen molar-refractivity contribution in [3.63, 3.8) is 0 Å². The number of anilines is 9. The van der Waals surface area contributed by atoms with Crippen molar-refractivity contribution >= 4 is 74.3 Å². The van der Waals surface area contributed by atoms with Gasteiger partial charge in [0.1, 0.15) is 0 Å². The molecule has 0 amide bonds. The fourth-order valence-corrected chi connectivity index (χ4v) is 11.7. The molecule has 0 spiro atoms. The van der Waals surface area contributed by atoms with Gasteiger partial charge in [0, 0.05) is 56.5 Å². The minimum atomic E-state index is -0.140. The number of fused-ring (bicyclic) bond motifs is 7. The van der Waals surface area contributed by atoms with Crippen molar-refractivity contribution < 1.29 is 0 Å². The number of nitrogens with zero attached hydrogens (tertiary/aromatic N) is 3. The summed E-state index contributed by atoms with van der Waals surface area (Å²) < 4.78 is 0. The van der Waals surface area contributed by atoms with Gasteiger partial charge in [-0.1, -0.05) is 177 Å². The van der Waals surface area contributed by atoms with Crippen LogP contribution in [-0.2, 0) is 16.2 Å². The second kappa shape index (κ2) is 16.0. The highest BCUT2D eigenvalue weighted by molar-refractivity contribution is 7.00. The largest absolute Gasteiger partial charge is 0.311 e. The Bertz CT molecular complexity index is 3470. The lowest BCUT2D eigenvalue weighted by molar-refractivity contribution is 0.590. The lowest BCUT2D eigenvalue weighted by atomic mass is 9.33. The Morgan fingerprint density at radius 2 is 0.986 bits per heavy atom. The van der Waals surface area contributed by atoms with Crippen molar-refractivity contribution in [3.05, 3.63) is 228 Å². The lowest BCUT2D eigenvalue weighted by Gasteiger charge is -2.45. The molecule has 70 heavy (non-hydrogen) atoms. The van der Waals surface area contributed by atoms with Gasteiger partial charge >= 0.3 is 0 Å². The van der Waals surface area contributed by atoms with Gasteiger partial charge in [-0.2, -0.15) is 0 Å². The Balaban J connectivity index is 1.17. The first-order valence-corrected chi connectivity index (χ1v) is 25.0. The maximum absolute atomic E-state index is 2.61. The average Bonchev–Trinajstić information content (AvgIpc) is 3.59. The Hall–Kier alpha value is -7.56. The average molecular weight is 906 g/mol. The van der Waals surface area contributed by atoms with Gasteiger partial charge in [0.25, 0.3) is 6.71 Å².